The van der Waals surface area contributed by atoms with Gasteiger partial charge in [0, 0.05) is 31.3 Å². The zero-order valence-electron chi connectivity index (χ0n) is 20.5. The normalized spacial score (nSPS) is 11.0. The first-order valence-corrected chi connectivity index (χ1v) is 13.9. The molecule has 0 heterocycles. The van der Waals surface area contributed by atoms with E-state index in [0.717, 1.165) is 14.9 Å². The molecule has 0 spiro atoms. The molecular formula is C30H23BrClN3O3S. The number of rotatable bonds is 9. The van der Waals surface area contributed by atoms with Crippen molar-refractivity contribution in [3.63, 3.8) is 0 Å². The molecule has 0 radical (unpaired) electrons. The van der Waals surface area contributed by atoms with E-state index in [1.165, 1.54) is 11.8 Å². The van der Waals surface area contributed by atoms with E-state index in [4.69, 9.17) is 11.6 Å². The molecule has 4 aromatic carbocycles. The molecule has 196 valence electrons. The van der Waals surface area contributed by atoms with E-state index >= 15 is 0 Å². The Morgan fingerprint density at radius 2 is 1.54 bits per heavy atom. The summed E-state index contributed by atoms with van der Waals surface area (Å²) < 4.78 is 0.847. The fraction of sp³-hybridized carbons (Fsp3) is 0.0333. The average molecular weight is 621 g/mol. The van der Waals surface area contributed by atoms with E-state index in [2.05, 4.69) is 31.9 Å². The first-order chi connectivity index (χ1) is 18.9. The number of thioether (sulfide) groups is 1. The van der Waals surface area contributed by atoms with Gasteiger partial charge in [0.15, 0.2) is 0 Å². The van der Waals surface area contributed by atoms with Crippen molar-refractivity contribution in [2.24, 2.45) is 0 Å². The minimum Gasteiger partial charge on any atom is -0.325 e. The lowest BCUT2D eigenvalue weighted by atomic mass is 10.1. The number of halogens is 2. The van der Waals surface area contributed by atoms with Crippen LogP contribution in [0.15, 0.2) is 118 Å². The van der Waals surface area contributed by atoms with Crippen LogP contribution in [-0.4, -0.2) is 23.5 Å². The number of hydrogen-bond donors (Lipinski definition) is 3. The highest BCUT2D eigenvalue weighted by molar-refractivity contribution is 9.10. The number of nitrogens with one attached hydrogen (secondary N) is 3. The zero-order chi connectivity index (χ0) is 27.6. The second kappa shape index (κ2) is 13.8. The molecule has 3 N–H and O–H groups in total. The second-order valence-electron chi connectivity index (χ2n) is 8.26. The number of amides is 3. The molecule has 0 fully saturated rings. The lowest BCUT2D eigenvalue weighted by Crippen LogP contribution is -2.30. The fourth-order valence-electron chi connectivity index (χ4n) is 3.45. The molecule has 9 heteroatoms. The van der Waals surface area contributed by atoms with E-state index < -0.39 is 11.8 Å². The van der Waals surface area contributed by atoms with Crippen molar-refractivity contribution in [3.8, 4) is 0 Å². The van der Waals surface area contributed by atoms with Crippen molar-refractivity contribution in [3.05, 3.63) is 129 Å². The van der Waals surface area contributed by atoms with Crippen molar-refractivity contribution in [2.45, 2.75) is 4.90 Å². The van der Waals surface area contributed by atoms with Crippen LogP contribution in [0.1, 0.15) is 15.9 Å². The molecule has 6 nitrogen and oxygen atoms in total. The number of carbonyl (C=O) groups excluding carboxylic acids is 3. The van der Waals surface area contributed by atoms with Gasteiger partial charge in [-0.25, -0.2) is 0 Å². The first kappa shape index (κ1) is 28.2. The average Bonchev–Trinajstić information content (AvgIpc) is 2.93. The molecule has 4 aromatic rings. The van der Waals surface area contributed by atoms with Crippen LogP contribution in [-0.2, 0) is 9.59 Å². The molecule has 0 saturated heterocycles. The second-order valence-corrected chi connectivity index (χ2v) is 10.7. The quantitative estimate of drug-likeness (QED) is 0.136. The van der Waals surface area contributed by atoms with Crippen LogP contribution in [0, 0.1) is 0 Å². The largest absolute Gasteiger partial charge is 0.325 e. The minimum absolute atomic E-state index is 0.0955. The van der Waals surface area contributed by atoms with E-state index in [1.807, 2.05) is 42.5 Å². The molecule has 0 aliphatic rings. The van der Waals surface area contributed by atoms with Crippen molar-refractivity contribution in [2.75, 3.05) is 16.4 Å². The van der Waals surface area contributed by atoms with Gasteiger partial charge >= 0.3 is 0 Å². The van der Waals surface area contributed by atoms with Gasteiger partial charge in [-0.2, -0.15) is 0 Å². The van der Waals surface area contributed by atoms with Crippen LogP contribution in [0.3, 0.4) is 0 Å². The van der Waals surface area contributed by atoms with Crippen molar-refractivity contribution < 1.29 is 14.4 Å². The summed E-state index contributed by atoms with van der Waals surface area (Å²) in [6, 6.07) is 30.1. The third-order valence-corrected chi connectivity index (χ3v) is 7.02. The summed E-state index contributed by atoms with van der Waals surface area (Å²) in [5.74, 6) is -0.810. The third-order valence-electron chi connectivity index (χ3n) is 5.28. The molecule has 4 rings (SSSR count). The van der Waals surface area contributed by atoms with Crippen molar-refractivity contribution >= 4 is 74.5 Å². The Balaban J connectivity index is 1.40. The van der Waals surface area contributed by atoms with Crippen LogP contribution < -0.4 is 16.0 Å². The maximum atomic E-state index is 13.2. The predicted molar refractivity (Wildman–Crippen MR) is 162 cm³/mol. The van der Waals surface area contributed by atoms with Gasteiger partial charge in [0.25, 0.3) is 11.8 Å². The molecule has 0 aliphatic heterocycles. The van der Waals surface area contributed by atoms with Crippen molar-refractivity contribution in [1.29, 1.82) is 0 Å². The van der Waals surface area contributed by atoms with E-state index in [-0.39, 0.29) is 17.4 Å². The summed E-state index contributed by atoms with van der Waals surface area (Å²) in [6.45, 7) is 0. The summed E-state index contributed by atoms with van der Waals surface area (Å²) in [5.41, 5.74) is 2.45. The monoisotopic (exact) mass is 619 g/mol. The van der Waals surface area contributed by atoms with Crippen molar-refractivity contribution in [1.82, 2.24) is 5.32 Å². The van der Waals surface area contributed by atoms with Gasteiger partial charge < -0.3 is 16.0 Å². The van der Waals surface area contributed by atoms with Gasteiger partial charge in [-0.1, -0.05) is 63.9 Å². The number of anilines is 2. The van der Waals surface area contributed by atoms with E-state index in [0.29, 0.717) is 22.0 Å². The first-order valence-electron chi connectivity index (χ1n) is 11.8. The number of benzene rings is 4. The molecule has 0 aliphatic carbocycles. The molecule has 0 aromatic heterocycles. The molecular weight excluding hydrogens is 598 g/mol. The zero-order valence-corrected chi connectivity index (χ0v) is 23.6. The van der Waals surface area contributed by atoms with E-state index in [9.17, 15) is 14.4 Å². The van der Waals surface area contributed by atoms with Gasteiger partial charge in [0.1, 0.15) is 5.70 Å². The van der Waals surface area contributed by atoms with Crippen LogP contribution >= 0.6 is 39.3 Å². The SMILES string of the molecule is O=C(CSc1ccc(NC(=O)/C(=C/c2cccc(Br)c2)NC(=O)c2ccccc2)cc1)Nc1cccc(Cl)c1. The number of hydrogen-bond acceptors (Lipinski definition) is 4. The fourth-order valence-corrected chi connectivity index (χ4v) is 4.76. The summed E-state index contributed by atoms with van der Waals surface area (Å²) in [6.07, 6.45) is 1.61. The summed E-state index contributed by atoms with van der Waals surface area (Å²) >= 11 is 10.8. The number of carbonyl (C=O) groups is 3. The molecule has 39 heavy (non-hydrogen) atoms. The molecule has 0 unspecified atom stereocenters. The Labute approximate surface area is 244 Å². The summed E-state index contributed by atoms with van der Waals surface area (Å²) in [7, 11) is 0. The molecule has 0 bridgehead atoms. The lowest BCUT2D eigenvalue weighted by Gasteiger charge is -2.12. The highest BCUT2D eigenvalue weighted by Gasteiger charge is 2.15. The molecule has 3 amide bonds. The van der Waals surface area contributed by atoms with Gasteiger partial charge in [-0.15, -0.1) is 11.8 Å². The Morgan fingerprint density at radius 3 is 2.26 bits per heavy atom. The van der Waals surface area contributed by atoms with Gasteiger partial charge in [-0.3, -0.25) is 14.4 Å². The standard InChI is InChI=1S/C30H23BrClN3O3S/c31-22-9-4-6-20(16-22)17-27(35-29(37)21-7-2-1-3-8-21)30(38)34-24-12-14-26(15-13-24)39-19-28(36)33-25-11-5-10-23(32)18-25/h1-18H,19H2,(H,33,36)(H,34,38)(H,35,37)/b27-17-. The Hall–Kier alpha value is -3.85. The van der Waals surface area contributed by atoms with Gasteiger partial charge in [0.2, 0.25) is 5.91 Å². The Kier molecular flexibility index (Phi) is 9.97. The molecule has 0 saturated carbocycles. The maximum absolute atomic E-state index is 13.2. The van der Waals surface area contributed by atoms with Crippen LogP contribution in [0.2, 0.25) is 5.02 Å². The maximum Gasteiger partial charge on any atom is 0.272 e. The summed E-state index contributed by atoms with van der Waals surface area (Å²) in [5, 5.41) is 8.91. The predicted octanol–water partition coefficient (Wildman–Crippen LogP) is 7.24. The van der Waals surface area contributed by atoms with Crippen LogP contribution in [0.4, 0.5) is 11.4 Å². The van der Waals surface area contributed by atoms with Crippen LogP contribution in [0.5, 0.6) is 0 Å². The minimum atomic E-state index is -0.472. The van der Waals surface area contributed by atoms with E-state index in [1.54, 1.807) is 66.7 Å². The Morgan fingerprint density at radius 1 is 0.795 bits per heavy atom. The topological polar surface area (TPSA) is 87.3 Å². The Bertz CT molecular complexity index is 1510. The smallest absolute Gasteiger partial charge is 0.272 e. The lowest BCUT2D eigenvalue weighted by molar-refractivity contribution is -0.114. The van der Waals surface area contributed by atoms with Gasteiger partial charge in [0.05, 0.1) is 5.75 Å². The summed E-state index contributed by atoms with van der Waals surface area (Å²) in [4.78, 5) is 39.1. The highest BCUT2D eigenvalue weighted by atomic mass is 79.9. The van der Waals surface area contributed by atoms with Gasteiger partial charge in [-0.05, 0) is 78.4 Å². The third kappa shape index (κ3) is 8.85. The molecule has 0 atom stereocenters. The highest BCUT2D eigenvalue weighted by Crippen LogP contribution is 2.22. The van der Waals surface area contributed by atoms with Crippen LogP contribution in [0.25, 0.3) is 6.08 Å².